The van der Waals surface area contributed by atoms with E-state index in [0.29, 0.717) is 12.0 Å². The Hall–Kier alpha value is -0.680. The Morgan fingerprint density at radius 3 is 3.14 bits per heavy atom. The predicted octanol–water partition coefficient (Wildman–Crippen LogP) is 1.29. The average Bonchev–Trinajstić information content (AvgIpc) is 2.62. The summed E-state index contributed by atoms with van der Waals surface area (Å²) in [4.78, 5) is 6.52. The Balaban J connectivity index is 1.92. The number of hydrogen-bond acceptors (Lipinski definition) is 5. The molecule has 0 bridgehead atoms. The lowest BCUT2D eigenvalue weighted by Gasteiger charge is -2.34. The van der Waals surface area contributed by atoms with Crippen molar-refractivity contribution >= 4 is 16.7 Å². The monoisotopic (exact) mass is 212 g/mol. The Morgan fingerprint density at radius 2 is 2.50 bits per heavy atom. The second kappa shape index (κ2) is 4.23. The van der Waals surface area contributed by atoms with Gasteiger partial charge in [-0.25, -0.2) is 4.98 Å². The molecule has 5 heteroatoms. The van der Waals surface area contributed by atoms with E-state index >= 15 is 0 Å². The van der Waals surface area contributed by atoms with Crippen LogP contribution in [0.2, 0.25) is 0 Å². The minimum absolute atomic E-state index is 0.555. The molecule has 2 unspecified atom stereocenters. The lowest BCUT2D eigenvalue weighted by Crippen LogP contribution is -2.43. The Kier molecular flexibility index (Phi) is 2.98. The molecule has 1 aromatic heterocycles. The summed E-state index contributed by atoms with van der Waals surface area (Å²) in [6, 6.07) is 0.555. The lowest BCUT2D eigenvalue weighted by molar-refractivity contribution is 0.206. The van der Waals surface area contributed by atoms with Gasteiger partial charge in [-0.1, -0.05) is 6.92 Å². The highest BCUT2D eigenvalue weighted by molar-refractivity contribution is 7.09. The van der Waals surface area contributed by atoms with E-state index in [-0.39, 0.29) is 0 Å². The number of nitrogens with zero attached hydrogens (tertiary/aromatic N) is 3. The third-order valence-electron chi connectivity index (χ3n) is 2.78. The van der Waals surface area contributed by atoms with Crippen LogP contribution in [0.25, 0.3) is 0 Å². The fourth-order valence-electron chi connectivity index (χ4n) is 1.96. The van der Waals surface area contributed by atoms with Crippen LogP contribution in [0.4, 0.5) is 5.13 Å². The number of nitrogens with one attached hydrogen (secondary N) is 1. The van der Waals surface area contributed by atoms with Gasteiger partial charge in [0.1, 0.15) is 6.33 Å². The maximum absolute atomic E-state index is 4.15. The summed E-state index contributed by atoms with van der Waals surface area (Å²) >= 11 is 1.43. The summed E-state index contributed by atoms with van der Waals surface area (Å²) in [5.74, 6) is 0.678. The highest BCUT2D eigenvalue weighted by Crippen LogP contribution is 2.20. The fraction of sp³-hybridized carbons (Fsp3) is 0.778. The molecule has 14 heavy (non-hydrogen) atoms. The number of hydrogen-bond donors (Lipinski definition) is 1. The molecule has 2 atom stereocenters. The molecule has 0 saturated carbocycles. The largest absolute Gasteiger partial charge is 0.357 e. The van der Waals surface area contributed by atoms with E-state index in [2.05, 4.69) is 33.5 Å². The highest BCUT2D eigenvalue weighted by Gasteiger charge is 2.24. The number of rotatable bonds is 2. The lowest BCUT2D eigenvalue weighted by atomic mass is 9.94. The molecule has 1 aliphatic rings. The molecule has 4 nitrogen and oxygen atoms in total. The van der Waals surface area contributed by atoms with Crippen LogP contribution in [0.15, 0.2) is 6.33 Å². The van der Waals surface area contributed by atoms with E-state index in [1.165, 1.54) is 24.5 Å². The minimum Gasteiger partial charge on any atom is -0.357 e. The molecule has 0 radical (unpaired) electrons. The molecule has 0 aromatic carbocycles. The van der Waals surface area contributed by atoms with Crippen LogP contribution >= 0.6 is 11.5 Å². The van der Waals surface area contributed by atoms with Crippen molar-refractivity contribution < 1.29 is 0 Å². The van der Waals surface area contributed by atoms with Gasteiger partial charge in [0.15, 0.2) is 0 Å². The highest BCUT2D eigenvalue weighted by atomic mass is 32.1. The summed E-state index contributed by atoms with van der Waals surface area (Å²) < 4.78 is 3.99. The average molecular weight is 212 g/mol. The van der Waals surface area contributed by atoms with Crippen molar-refractivity contribution in [3.8, 4) is 0 Å². The molecule has 1 fully saturated rings. The smallest absolute Gasteiger partial charge is 0.202 e. The topological polar surface area (TPSA) is 41.0 Å². The predicted molar refractivity (Wildman–Crippen MR) is 58.6 cm³/mol. The minimum atomic E-state index is 0.555. The van der Waals surface area contributed by atoms with Gasteiger partial charge in [0.2, 0.25) is 5.13 Å². The van der Waals surface area contributed by atoms with Crippen LogP contribution in [0.5, 0.6) is 0 Å². The molecule has 2 heterocycles. The van der Waals surface area contributed by atoms with Gasteiger partial charge in [-0.3, -0.25) is 0 Å². The summed E-state index contributed by atoms with van der Waals surface area (Å²) in [6.45, 7) is 4.62. The normalized spacial score (nSPS) is 29.0. The van der Waals surface area contributed by atoms with Gasteiger partial charge in [-0.15, -0.1) is 0 Å². The SMILES string of the molecule is CC1CN(C)CCC1Nc1ncns1. The number of likely N-dealkylation sites (tertiary alicyclic amines) is 1. The first-order valence-corrected chi connectivity index (χ1v) is 5.75. The van der Waals surface area contributed by atoms with E-state index in [9.17, 15) is 0 Å². The standard InChI is InChI=1S/C9H16N4S/c1-7-5-13(2)4-3-8(7)12-9-10-6-11-14-9/h6-8H,3-5H2,1-2H3,(H,10,11,12). The van der Waals surface area contributed by atoms with Crippen molar-refractivity contribution in [3.63, 3.8) is 0 Å². The molecule has 1 N–H and O–H groups in total. The maximum atomic E-state index is 4.15. The van der Waals surface area contributed by atoms with E-state index in [1.54, 1.807) is 6.33 Å². The Bertz CT molecular complexity index is 274. The first-order chi connectivity index (χ1) is 6.75. The maximum Gasteiger partial charge on any atom is 0.202 e. The quantitative estimate of drug-likeness (QED) is 0.802. The molecule has 0 amide bonds. The van der Waals surface area contributed by atoms with E-state index in [4.69, 9.17) is 0 Å². The second-order valence-corrected chi connectivity index (χ2v) is 4.81. The summed E-state index contributed by atoms with van der Waals surface area (Å²) in [6.07, 6.45) is 2.80. The van der Waals surface area contributed by atoms with E-state index in [0.717, 1.165) is 11.7 Å². The molecular weight excluding hydrogens is 196 g/mol. The molecule has 1 aliphatic heterocycles. The van der Waals surface area contributed by atoms with Gasteiger partial charge in [0, 0.05) is 24.1 Å². The van der Waals surface area contributed by atoms with Gasteiger partial charge in [0.05, 0.1) is 0 Å². The third kappa shape index (κ3) is 2.22. The Labute approximate surface area is 88.5 Å². The van der Waals surface area contributed by atoms with E-state index in [1.807, 2.05) is 0 Å². The van der Waals surface area contributed by atoms with Crippen LogP contribution in [0.1, 0.15) is 13.3 Å². The molecule has 0 spiro atoms. The molecule has 0 aliphatic carbocycles. The van der Waals surface area contributed by atoms with Crippen LogP contribution in [0.3, 0.4) is 0 Å². The number of piperidine rings is 1. The van der Waals surface area contributed by atoms with Crippen molar-refractivity contribution in [2.75, 3.05) is 25.5 Å². The first kappa shape index (κ1) is 9.86. The van der Waals surface area contributed by atoms with Crippen molar-refractivity contribution in [2.24, 2.45) is 5.92 Å². The van der Waals surface area contributed by atoms with Gasteiger partial charge < -0.3 is 10.2 Å². The second-order valence-electron chi connectivity index (χ2n) is 4.03. The van der Waals surface area contributed by atoms with Crippen LogP contribution in [0, 0.1) is 5.92 Å². The van der Waals surface area contributed by atoms with Crippen LogP contribution < -0.4 is 5.32 Å². The summed E-state index contributed by atoms with van der Waals surface area (Å²) in [5.41, 5.74) is 0. The van der Waals surface area contributed by atoms with Crippen molar-refractivity contribution in [1.29, 1.82) is 0 Å². The van der Waals surface area contributed by atoms with Gasteiger partial charge in [-0.2, -0.15) is 4.37 Å². The first-order valence-electron chi connectivity index (χ1n) is 4.97. The molecule has 1 aromatic rings. The zero-order chi connectivity index (χ0) is 9.97. The van der Waals surface area contributed by atoms with Crippen LogP contribution in [-0.4, -0.2) is 40.4 Å². The zero-order valence-electron chi connectivity index (χ0n) is 8.60. The zero-order valence-corrected chi connectivity index (χ0v) is 9.42. The third-order valence-corrected chi connectivity index (χ3v) is 3.37. The fourth-order valence-corrected chi connectivity index (χ4v) is 2.46. The van der Waals surface area contributed by atoms with Crippen molar-refractivity contribution in [3.05, 3.63) is 6.33 Å². The molecule has 78 valence electrons. The summed E-state index contributed by atoms with van der Waals surface area (Å²) in [5, 5.41) is 4.40. The van der Waals surface area contributed by atoms with E-state index < -0.39 is 0 Å². The van der Waals surface area contributed by atoms with Gasteiger partial charge in [-0.05, 0) is 25.9 Å². The number of anilines is 1. The Morgan fingerprint density at radius 1 is 1.64 bits per heavy atom. The van der Waals surface area contributed by atoms with Gasteiger partial charge >= 0.3 is 0 Å². The molecular formula is C9H16N4S. The van der Waals surface area contributed by atoms with Crippen LogP contribution in [-0.2, 0) is 0 Å². The number of aromatic nitrogens is 2. The summed E-state index contributed by atoms with van der Waals surface area (Å²) in [7, 11) is 2.18. The van der Waals surface area contributed by atoms with Crippen molar-refractivity contribution in [2.45, 2.75) is 19.4 Å². The molecule has 2 rings (SSSR count). The molecule has 1 saturated heterocycles. The van der Waals surface area contributed by atoms with Gasteiger partial charge in [0.25, 0.3) is 0 Å². The van der Waals surface area contributed by atoms with Crippen molar-refractivity contribution in [1.82, 2.24) is 14.3 Å².